The minimum absolute atomic E-state index is 0.128. The van der Waals surface area contributed by atoms with Crippen LogP contribution < -0.4 is 5.32 Å². The van der Waals surface area contributed by atoms with Gasteiger partial charge in [0.15, 0.2) is 0 Å². The van der Waals surface area contributed by atoms with Crippen LogP contribution in [0.1, 0.15) is 86.0 Å². The molecule has 0 aliphatic rings. The van der Waals surface area contributed by atoms with Gasteiger partial charge in [0.05, 0.1) is 19.8 Å². The summed E-state index contributed by atoms with van der Waals surface area (Å²) in [6.07, 6.45) is 13.0. The molecule has 6 heteroatoms. The number of esters is 2. The molecule has 0 aliphatic carbocycles. The number of hydrogen-bond donors (Lipinski definition) is 1. The molecule has 0 aromatic heterocycles. The Hall–Kier alpha value is -2.11. The first-order valence-electron chi connectivity index (χ1n) is 11.0. The second-order valence-electron chi connectivity index (χ2n) is 8.51. The highest BCUT2D eigenvalue weighted by Crippen LogP contribution is 2.23. The Morgan fingerprint density at radius 1 is 1.00 bits per heavy atom. The Balaban J connectivity index is 4.61. The summed E-state index contributed by atoms with van der Waals surface area (Å²) in [6.45, 7) is 9.64. The van der Waals surface area contributed by atoms with E-state index in [9.17, 15) is 14.4 Å². The highest BCUT2D eigenvalue weighted by atomic mass is 16.5. The molecule has 0 unspecified atom stereocenters. The summed E-state index contributed by atoms with van der Waals surface area (Å²) >= 11 is 0. The van der Waals surface area contributed by atoms with Crippen LogP contribution in [0.4, 0.5) is 0 Å². The summed E-state index contributed by atoms with van der Waals surface area (Å²) in [6, 6.07) is -0.257. The van der Waals surface area contributed by atoms with E-state index in [1.54, 1.807) is 6.92 Å². The highest BCUT2D eigenvalue weighted by Gasteiger charge is 2.25. The van der Waals surface area contributed by atoms with Crippen molar-refractivity contribution in [2.45, 2.75) is 92.0 Å². The first-order valence-corrected chi connectivity index (χ1v) is 11.0. The summed E-state index contributed by atoms with van der Waals surface area (Å²) < 4.78 is 9.82. The summed E-state index contributed by atoms with van der Waals surface area (Å²) in [4.78, 5) is 35.0. The summed E-state index contributed by atoms with van der Waals surface area (Å²) in [5, 5.41) is 2.92. The lowest BCUT2D eigenvalue weighted by Crippen LogP contribution is -2.41. The van der Waals surface area contributed by atoms with Gasteiger partial charge in [0, 0.05) is 18.9 Å². The van der Waals surface area contributed by atoms with Gasteiger partial charge < -0.3 is 14.8 Å². The van der Waals surface area contributed by atoms with Gasteiger partial charge in [0.1, 0.15) is 0 Å². The normalized spacial score (nSPS) is 13.2. The van der Waals surface area contributed by atoms with E-state index in [0.717, 1.165) is 38.5 Å². The Labute approximate surface area is 182 Å². The molecule has 1 amide bonds. The molecular weight excluding hydrogens is 382 g/mol. The van der Waals surface area contributed by atoms with Crippen molar-refractivity contribution in [1.29, 1.82) is 0 Å². The number of hydrogen-bond acceptors (Lipinski definition) is 5. The molecule has 0 heterocycles. The van der Waals surface area contributed by atoms with Crippen molar-refractivity contribution >= 4 is 17.8 Å². The van der Waals surface area contributed by atoms with E-state index >= 15 is 0 Å². The molecule has 0 saturated heterocycles. The topological polar surface area (TPSA) is 81.7 Å². The lowest BCUT2D eigenvalue weighted by molar-refractivity contribution is -0.141. The minimum Gasteiger partial charge on any atom is -0.469 e. The van der Waals surface area contributed by atoms with Gasteiger partial charge in [-0.2, -0.15) is 0 Å². The fraction of sp³-hybridized carbons (Fsp3) is 0.708. The molecule has 1 atom stereocenters. The van der Waals surface area contributed by atoms with Crippen LogP contribution in [0.25, 0.3) is 0 Å². The van der Waals surface area contributed by atoms with Gasteiger partial charge >= 0.3 is 11.9 Å². The minimum atomic E-state index is -0.340. The highest BCUT2D eigenvalue weighted by molar-refractivity contribution is 5.89. The maximum atomic E-state index is 12.4. The SMILES string of the molecule is CCOC(=O)/C(=C\[C@H](NC(C)=O)C(C)(C)C)C/C=C/CCCCCCCC(=O)OC. The van der Waals surface area contributed by atoms with Crippen molar-refractivity contribution in [3.05, 3.63) is 23.8 Å². The number of amides is 1. The van der Waals surface area contributed by atoms with E-state index in [-0.39, 0.29) is 29.3 Å². The number of carbonyl (C=O) groups is 3. The molecule has 0 radical (unpaired) electrons. The van der Waals surface area contributed by atoms with Gasteiger partial charge in [-0.15, -0.1) is 0 Å². The molecule has 0 fully saturated rings. The Morgan fingerprint density at radius 2 is 1.63 bits per heavy atom. The lowest BCUT2D eigenvalue weighted by Gasteiger charge is -2.29. The zero-order valence-corrected chi connectivity index (χ0v) is 19.7. The van der Waals surface area contributed by atoms with Gasteiger partial charge in [0.2, 0.25) is 5.91 Å². The van der Waals surface area contributed by atoms with Crippen LogP contribution in [-0.2, 0) is 23.9 Å². The quantitative estimate of drug-likeness (QED) is 0.186. The van der Waals surface area contributed by atoms with E-state index in [4.69, 9.17) is 4.74 Å². The van der Waals surface area contributed by atoms with Crippen molar-refractivity contribution in [1.82, 2.24) is 5.32 Å². The predicted molar refractivity (Wildman–Crippen MR) is 120 cm³/mol. The smallest absolute Gasteiger partial charge is 0.334 e. The van der Waals surface area contributed by atoms with Crippen molar-refractivity contribution in [3.63, 3.8) is 0 Å². The van der Waals surface area contributed by atoms with E-state index < -0.39 is 0 Å². The molecule has 172 valence electrons. The molecule has 1 N–H and O–H groups in total. The molecule has 0 spiro atoms. The van der Waals surface area contributed by atoms with Crippen LogP contribution in [0, 0.1) is 5.41 Å². The maximum Gasteiger partial charge on any atom is 0.334 e. The van der Waals surface area contributed by atoms with Gasteiger partial charge in [-0.3, -0.25) is 9.59 Å². The number of rotatable bonds is 14. The number of allylic oxidation sites excluding steroid dienone is 2. The molecule has 0 aromatic rings. The third-order valence-corrected chi connectivity index (χ3v) is 4.68. The average molecular weight is 424 g/mol. The van der Waals surface area contributed by atoms with E-state index in [2.05, 4.69) is 16.1 Å². The van der Waals surface area contributed by atoms with Crippen LogP contribution >= 0.6 is 0 Å². The van der Waals surface area contributed by atoms with Crippen molar-refractivity contribution in [2.75, 3.05) is 13.7 Å². The second kappa shape index (κ2) is 15.7. The third-order valence-electron chi connectivity index (χ3n) is 4.68. The average Bonchev–Trinajstić information content (AvgIpc) is 2.66. The maximum absolute atomic E-state index is 12.4. The molecular formula is C24H41NO5. The lowest BCUT2D eigenvalue weighted by atomic mass is 9.85. The molecule has 0 bridgehead atoms. The zero-order chi connectivity index (χ0) is 23.0. The van der Waals surface area contributed by atoms with Crippen molar-refractivity contribution in [3.8, 4) is 0 Å². The van der Waals surface area contributed by atoms with E-state index in [0.29, 0.717) is 25.0 Å². The number of carbonyl (C=O) groups excluding carboxylic acids is 3. The van der Waals surface area contributed by atoms with E-state index in [1.165, 1.54) is 14.0 Å². The predicted octanol–water partition coefficient (Wildman–Crippen LogP) is 4.88. The van der Waals surface area contributed by atoms with Crippen LogP contribution in [0.3, 0.4) is 0 Å². The van der Waals surface area contributed by atoms with Crippen LogP contribution in [0.15, 0.2) is 23.8 Å². The molecule has 6 nitrogen and oxygen atoms in total. The Bertz CT molecular complexity index is 587. The van der Waals surface area contributed by atoms with Gasteiger partial charge in [-0.25, -0.2) is 4.79 Å². The fourth-order valence-electron chi connectivity index (χ4n) is 2.86. The van der Waals surface area contributed by atoms with Crippen LogP contribution in [0.2, 0.25) is 0 Å². The Kier molecular flexibility index (Phi) is 14.6. The van der Waals surface area contributed by atoms with Crippen molar-refractivity contribution in [2.24, 2.45) is 5.41 Å². The first-order chi connectivity index (χ1) is 14.1. The van der Waals surface area contributed by atoms with E-state index in [1.807, 2.05) is 32.9 Å². The number of unbranched alkanes of at least 4 members (excludes halogenated alkanes) is 5. The summed E-state index contributed by atoms with van der Waals surface area (Å²) in [5.41, 5.74) is 0.339. The van der Waals surface area contributed by atoms with Crippen LogP contribution in [-0.4, -0.2) is 37.6 Å². The third kappa shape index (κ3) is 14.0. The van der Waals surface area contributed by atoms with Gasteiger partial charge in [-0.1, -0.05) is 58.3 Å². The number of nitrogens with one attached hydrogen (secondary N) is 1. The molecule has 0 rings (SSSR count). The summed E-state index contributed by atoms with van der Waals surface area (Å²) in [7, 11) is 1.42. The number of ether oxygens (including phenoxy) is 2. The van der Waals surface area contributed by atoms with Crippen molar-refractivity contribution < 1.29 is 23.9 Å². The Morgan fingerprint density at radius 3 is 2.20 bits per heavy atom. The van der Waals surface area contributed by atoms with Gasteiger partial charge in [0.25, 0.3) is 0 Å². The first kappa shape index (κ1) is 27.9. The van der Waals surface area contributed by atoms with Crippen LogP contribution in [0.5, 0.6) is 0 Å². The zero-order valence-electron chi connectivity index (χ0n) is 19.7. The molecule has 0 aromatic carbocycles. The molecule has 0 saturated carbocycles. The fourth-order valence-corrected chi connectivity index (χ4v) is 2.86. The van der Waals surface area contributed by atoms with Gasteiger partial charge in [-0.05, 0) is 38.0 Å². The number of methoxy groups -OCH3 is 1. The largest absolute Gasteiger partial charge is 0.469 e. The summed E-state index contributed by atoms with van der Waals surface area (Å²) in [5.74, 6) is -0.612. The monoisotopic (exact) mass is 423 g/mol. The second-order valence-corrected chi connectivity index (χ2v) is 8.51. The molecule has 30 heavy (non-hydrogen) atoms. The standard InChI is InChI=1S/C24H41NO5/c1-7-30-23(28)20(18-21(24(3,4)5)25-19(2)26)16-14-12-10-8-9-11-13-15-17-22(27)29-6/h12,14,18,21H,7-11,13,15-17H2,1-6H3,(H,25,26)/b14-12+,20-18-/t21-/m0/s1. The molecule has 0 aliphatic heterocycles.